The second-order valence-corrected chi connectivity index (χ2v) is 7.07. The summed E-state index contributed by atoms with van der Waals surface area (Å²) in [6, 6.07) is 13.6. The van der Waals surface area contributed by atoms with Crippen LogP contribution in [0.3, 0.4) is 0 Å². The van der Waals surface area contributed by atoms with Gasteiger partial charge in [-0.05, 0) is 36.3 Å². The molecule has 0 saturated carbocycles. The minimum Gasteiger partial charge on any atom is -0.343 e. The molecule has 136 valence electrons. The Labute approximate surface area is 152 Å². The van der Waals surface area contributed by atoms with Crippen molar-refractivity contribution in [3.63, 3.8) is 0 Å². The third-order valence-corrected chi connectivity index (χ3v) is 4.48. The molecule has 0 heterocycles. The van der Waals surface area contributed by atoms with Gasteiger partial charge >= 0.3 is 0 Å². The average molecular weight is 373 g/mol. The number of primary sulfonamides is 1. The van der Waals surface area contributed by atoms with E-state index in [2.05, 4.69) is 10.6 Å². The Morgan fingerprint density at radius 3 is 2.46 bits per heavy atom. The summed E-state index contributed by atoms with van der Waals surface area (Å²) in [7, 11) is -3.88. The summed E-state index contributed by atoms with van der Waals surface area (Å²) in [5.74, 6) is -0.909. The molecule has 0 bridgehead atoms. The number of nitrogens with two attached hydrogens (primary N) is 1. The molecule has 0 unspecified atom stereocenters. The Bertz CT molecular complexity index is 938. The van der Waals surface area contributed by atoms with Gasteiger partial charge < -0.3 is 10.6 Å². The summed E-state index contributed by atoms with van der Waals surface area (Å²) < 4.78 is 23.0. The van der Waals surface area contributed by atoms with Crippen LogP contribution in [0.15, 0.2) is 59.5 Å². The SMILES string of the molecule is Cc1ccc(NC(=O)CNC(=O)/C=C/c2ccccc2)cc1S(N)(=O)=O. The first kappa shape index (κ1) is 19.4. The number of amides is 2. The first-order valence-corrected chi connectivity index (χ1v) is 9.24. The minimum absolute atomic E-state index is 0.0647. The Kier molecular flexibility index (Phi) is 6.26. The number of carbonyl (C=O) groups excluding carboxylic acids is 2. The Morgan fingerprint density at radius 2 is 1.81 bits per heavy atom. The predicted molar refractivity (Wildman–Crippen MR) is 99.7 cm³/mol. The first-order chi connectivity index (χ1) is 12.3. The van der Waals surface area contributed by atoms with Gasteiger partial charge in [0.2, 0.25) is 21.8 Å². The van der Waals surface area contributed by atoms with Crippen LogP contribution in [-0.4, -0.2) is 26.8 Å². The van der Waals surface area contributed by atoms with E-state index < -0.39 is 21.8 Å². The van der Waals surface area contributed by atoms with E-state index in [-0.39, 0.29) is 17.1 Å². The van der Waals surface area contributed by atoms with Gasteiger partial charge in [-0.1, -0.05) is 36.4 Å². The number of benzene rings is 2. The molecule has 8 heteroatoms. The van der Waals surface area contributed by atoms with Gasteiger partial charge in [-0.15, -0.1) is 0 Å². The molecule has 0 aliphatic rings. The smallest absolute Gasteiger partial charge is 0.244 e. The molecular weight excluding hydrogens is 354 g/mol. The van der Waals surface area contributed by atoms with E-state index in [4.69, 9.17) is 5.14 Å². The largest absolute Gasteiger partial charge is 0.343 e. The highest BCUT2D eigenvalue weighted by Gasteiger charge is 2.13. The zero-order chi connectivity index (χ0) is 19.2. The highest BCUT2D eigenvalue weighted by Crippen LogP contribution is 2.18. The van der Waals surface area contributed by atoms with Crippen LogP contribution in [0.25, 0.3) is 6.08 Å². The molecule has 0 atom stereocenters. The van der Waals surface area contributed by atoms with Crippen molar-refractivity contribution >= 4 is 33.6 Å². The Hall–Kier alpha value is -2.97. The van der Waals surface area contributed by atoms with Gasteiger partial charge in [0.25, 0.3) is 0 Å². The summed E-state index contributed by atoms with van der Waals surface area (Å²) in [5.41, 5.74) is 1.62. The summed E-state index contributed by atoms with van der Waals surface area (Å²) in [6.07, 6.45) is 2.96. The van der Waals surface area contributed by atoms with Crippen LogP contribution in [0.5, 0.6) is 0 Å². The van der Waals surface area contributed by atoms with E-state index in [1.165, 1.54) is 18.2 Å². The van der Waals surface area contributed by atoms with Crippen LogP contribution in [0.2, 0.25) is 0 Å². The van der Waals surface area contributed by atoms with Gasteiger partial charge in [0.05, 0.1) is 11.4 Å². The van der Waals surface area contributed by atoms with Gasteiger partial charge in [0, 0.05) is 11.8 Å². The number of anilines is 1. The molecule has 0 spiro atoms. The molecular formula is C18H19N3O4S. The number of aryl methyl sites for hydroxylation is 1. The van der Waals surface area contributed by atoms with Crippen molar-refractivity contribution in [1.29, 1.82) is 0 Å². The summed E-state index contributed by atoms with van der Waals surface area (Å²) in [6.45, 7) is 1.35. The molecule has 0 aliphatic carbocycles. The Morgan fingerprint density at radius 1 is 1.12 bits per heavy atom. The summed E-state index contributed by atoms with van der Waals surface area (Å²) >= 11 is 0. The van der Waals surface area contributed by atoms with E-state index in [1.807, 2.05) is 30.3 Å². The third-order valence-electron chi connectivity index (χ3n) is 3.43. The molecule has 2 rings (SSSR count). The molecule has 0 aliphatic heterocycles. The lowest BCUT2D eigenvalue weighted by Gasteiger charge is -2.09. The first-order valence-electron chi connectivity index (χ1n) is 7.70. The van der Waals surface area contributed by atoms with Gasteiger partial charge in [-0.25, -0.2) is 13.6 Å². The second-order valence-electron chi connectivity index (χ2n) is 5.54. The average Bonchev–Trinajstić information content (AvgIpc) is 2.60. The van der Waals surface area contributed by atoms with Crippen LogP contribution < -0.4 is 15.8 Å². The zero-order valence-corrected chi connectivity index (χ0v) is 14.9. The highest BCUT2D eigenvalue weighted by atomic mass is 32.2. The third kappa shape index (κ3) is 5.83. The molecule has 2 aromatic rings. The van der Waals surface area contributed by atoms with E-state index in [1.54, 1.807) is 19.1 Å². The van der Waals surface area contributed by atoms with Crippen LogP contribution in [0.4, 0.5) is 5.69 Å². The van der Waals surface area contributed by atoms with Gasteiger partial charge in [-0.3, -0.25) is 9.59 Å². The van der Waals surface area contributed by atoms with Gasteiger partial charge in [0.1, 0.15) is 0 Å². The number of carbonyl (C=O) groups is 2. The molecule has 0 saturated heterocycles. The van der Waals surface area contributed by atoms with Crippen molar-refractivity contribution in [3.05, 3.63) is 65.7 Å². The van der Waals surface area contributed by atoms with E-state index in [9.17, 15) is 18.0 Å². The molecule has 7 nitrogen and oxygen atoms in total. The van der Waals surface area contributed by atoms with Crippen molar-refractivity contribution < 1.29 is 18.0 Å². The number of sulfonamides is 1. The van der Waals surface area contributed by atoms with Crippen LogP contribution in [-0.2, 0) is 19.6 Å². The molecule has 2 aromatic carbocycles. The normalized spacial score (nSPS) is 11.3. The molecule has 26 heavy (non-hydrogen) atoms. The highest BCUT2D eigenvalue weighted by molar-refractivity contribution is 7.89. The molecule has 4 N–H and O–H groups in total. The second kappa shape index (κ2) is 8.41. The maximum Gasteiger partial charge on any atom is 0.244 e. The van der Waals surface area contributed by atoms with Crippen molar-refractivity contribution in [1.82, 2.24) is 5.32 Å². The van der Waals surface area contributed by atoms with Gasteiger partial charge in [0.15, 0.2) is 0 Å². The number of nitrogens with one attached hydrogen (secondary N) is 2. The van der Waals surface area contributed by atoms with Crippen LogP contribution >= 0.6 is 0 Å². The number of hydrogen-bond donors (Lipinski definition) is 3. The lowest BCUT2D eigenvalue weighted by molar-refractivity contribution is -0.121. The van der Waals surface area contributed by atoms with E-state index >= 15 is 0 Å². The van der Waals surface area contributed by atoms with E-state index in [0.717, 1.165) is 5.56 Å². The summed E-state index contributed by atoms with van der Waals surface area (Å²) in [4.78, 5) is 23.6. The minimum atomic E-state index is -3.88. The molecule has 0 radical (unpaired) electrons. The maximum atomic E-state index is 11.9. The topological polar surface area (TPSA) is 118 Å². The van der Waals surface area contributed by atoms with Crippen LogP contribution in [0.1, 0.15) is 11.1 Å². The van der Waals surface area contributed by atoms with E-state index in [0.29, 0.717) is 5.56 Å². The van der Waals surface area contributed by atoms with Crippen molar-refractivity contribution in [2.75, 3.05) is 11.9 Å². The fraction of sp³-hybridized carbons (Fsp3) is 0.111. The quantitative estimate of drug-likeness (QED) is 0.663. The van der Waals surface area contributed by atoms with Crippen LogP contribution in [0, 0.1) is 6.92 Å². The van der Waals surface area contributed by atoms with Crippen molar-refractivity contribution in [2.24, 2.45) is 5.14 Å². The standard InChI is InChI=1S/C18H19N3O4S/c1-13-7-9-15(11-16(13)26(19,24)25)21-18(23)12-20-17(22)10-8-14-5-3-2-4-6-14/h2-11H,12H2,1H3,(H,20,22)(H,21,23)(H2,19,24,25)/b10-8+. The summed E-state index contributed by atoms with van der Waals surface area (Å²) in [5, 5.41) is 10.1. The lowest BCUT2D eigenvalue weighted by atomic mass is 10.2. The molecule has 0 fully saturated rings. The monoisotopic (exact) mass is 373 g/mol. The van der Waals surface area contributed by atoms with Gasteiger partial charge in [-0.2, -0.15) is 0 Å². The number of rotatable bonds is 6. The lowest BCUT2D eigenvalue weighted by Crippen LogP contribution is -2.31. The van der Waals surface area contributed by atoms with Crippen molar-refractivity contribution in [3.8, 4) is 0 Å². The predicted octanol–water partition coefficient (Wildman–Crippen LogP) is 1.41. The number of hydrogen-bond acceptors (Lipinski definition) is 4. The molecule has 2 amide bonds. The van der Waals surface area contributed by atoms with Crippen molar-refractivity contribution in [2.45, 2.75) is 11.8 Å². The Balaban J connectivity index is 1.91. The fourth-order valence-corrected chi connectivity index (χ4v) is 2.96. The molecule has 0 aromatic heterocycles. The zero-order valence-electron chi connectivity index (χ0n) is 14.1. The maximum absolute atomic E-state index is 11.9. The fourth-order valence-electron chi connectivity index (χ4n) is 2.15.